The number of nitrogens with one attached hydrogen (secondary N) is 1. The molecule has 3 aromatic heterocycles. The molecule has 33 heavy (non-hydrogen) atoms. The lowest BCUT2D eigenvalue weighted by molar-refractivity contribution is 0.302. The van der Waals surface area contributed by atoms with E-state index in [1.54, 1.807) is 35.6 Å². The van der Waals surface area contributed by atoms with Gasteiger partial charge in [-0.05, 0) is 49.9 Å². The van der Waals surface area contributed by atoms with Crippen LogP contribution in [0.5, 0.6) is 5.75 Å². The van der Waals surface area contributed by atoms with Gasteiger partial charge in [0.2, 0.25) is 0 Å². The second-order valence-electron chi connectivity index (χ2n) is 10.4. The van der Waals surface area contributed by atoms with Crippen molar-refractivity contribution in [1.29, 1.82) is 0 Å². The molecule has 3 heterocycles. The van der Waals surface area contributed by atoms with Crippen molar-refractivity contribution in [3.8, 4) is 17.0 Å². The standard InChI is InChI=1S/C26H27N3O3S/c1-25(2,3)14-26(4,5)28-22-20(27-24-29(22)16-11-7-9-13-18(16)33-24)19-21(30)15-10-6-8-12-17(15)32-23(19)31/h6-13,28,30H,14H2,1-5H3. The van der Waals surface area contributed by atoms with Crippen LogP contribution in [-0.2, 0) is 0 Å². The Morgan fingerprint density at radius 3 is 2.52 bits per heavy atom. The van der Waals surface area contributed by atoms with Crippen LogP contribution in [0.1, 0.15) is 41.0 Å². The summed E-state index contributed by atoms with van der Waals surface area (Å²) in [6.45, 7) is 10.9. The van der Waals surface area contributed by atoms with Crippen LogP contribution in [-0.4, -0.2) is 20.0 Å². The highest BCUT2D eigenvalue weighted by atomic mass is 32.1. The molecule has 0 atom stereocenters. The fourth-order valence-corrected chi connectivity index (χ4v) is 5.87. The first-order chi connectivity index (χ1) is 15.5. The number of hydrogen-bond donors (Lipinski definition) is 2. The Kier molecular flexibility index (Phi) is 4.79. The molecule has 5 aromatic rings. The van der Waals surface area contributed by atoms with Gasteiger partial charge in [0.1, 0.15) is 28.4 Å². The number of anilines is 1. The van der Waals surface area contributed by atoms with Crippen LogP contribution >= 0.6 is 11.3 Å². The number of thiazole rings is 1. The number of fused-ring (bicyclic) bond motifs is 4. The van der Waals surface area contributed by atoms with Gasteiger partial charge in [-0.25, -0.2) is 9.78 Å². The zero-order valence-electron chi connectivity index (χ0n) is 19.4. The van der Waals surface area contributed by atoms with E-state index in [1.807, 2.05) is 22.6 Å². The maximum absolute atomic E-state index is 13.1. The molecule has 0 bridgehead atoms. The van der Waals surface area contributed by atoms with Gasteiger partial charge in [0.15, 0.2) is 4.96 Å². The van der Waals surface area contributed by atoms with Gasteiger partial charge in [0.05, 0.1) is 15.6 Å². The molecule has 0 unspecified atom stereocenters. The lowest BCUT2D eigenvalue weighted by Gasteiger charge is -2.34. The lowest BCUT2D eigenvalue weighted by Crippen LogP contribution is -2.36. The summed E-state index contributed by atoms with van der Waals surface area (Å²) < 4.78 is 8.70. The Morgan fingerprint density at radius 2 is 1.76 bits per heavy atom. The van der Waals surface area contributed by atoms with Gasteiger partial charge in [-0.3, -0.25) is 4.40 Å². The van der Waals surface area contributed by atoms with Crippen molar-refractivity contribution >= 4 is 43.3 Å². The molecule has 0 aliphatic rings. The SMILES string of the molecule is CC(C)(C)CC(C)(C)Nc1c(-c2c(O)c3ccccc3oc2=O)nc2sc3ccccc3n12. The van der Waals surface area contributed by atoms with Gasteiger partial charge < -0.3 is 14.8 Å². The van der Waals surface area contributed by atoms with E-state index in [-0.39, 0.29) is 22.3 Å². The van der Waals surface area contributed by atoms with Gasteiger partial charge >= 0.3 is 5.63 Å². The molecule has 170 valence electrons. The Balaban J connectivity index is 1.81. The Morgan fingerprint density at radius 1 is 1.06 bits per heavy atom. The average Bonchev–Trinajstić information content (AvgIpc) is 3.23. The average molecular weight is 462 g/mol. The van der Waals surface area contributed by atoms with Crippen LogP contribution in [0, 0.1) is 5.41 Å². The van der Waals surface area contributed by atoms with Crippen molar-refractivity contribution in [3.63, 3.8) is 0 Å². The van der Waals surface area contributed by atoms with E-state index in [4.69, 9.17) is 9.40 Å². The predicted octanol–water partition coefficient (Wildman–Crippen LogP) is 6.65. The Labute approximate surface area is 195 Å². The molecule has 2 N–H and O–H groups in total. The minimum atomic E-state index is -0.613. The monoisotopic (exact) mass is 461 g/mol. The van der Waals surface area contributed by atoms with E-state index in [0.29, 0.717) is 22.5 Å². The second-order valence-corrected chi connectivity index (χ2v) is 11.4. The first-order valence-corrected chi connectivity index (χ1v) is 11.8. The normalized spacial score (nSPS) is 12.8. The molecule has 0 amide bonds. The van der Waals surface area contributed by atoms with Crippen LogP contribution < -0.4 is 10.9 Å². The number of para-hydroxylation sites is 2. The maximum atomic E-state index is 13.1. The molecule has 7 heteroatoms. The lowest BCUT2D eigenvalue weighted by atomic mass is 9.82. The quantitative estimate of drug-likeness (QED) is 0.293. The fourth-order valence-electron chi connectivity index (χ4n) is 4.84. The zero-order chi connectivity index (χ0) is 23.5. The van der Waals surface area contributed by atoms with Gasteiger partial charge in [-0.1, -0.05) is 56.4 Å². The highest BCUT2D eigenvalue weighted by Gasteiger charge is 2.31. The number of nitrogens with zero attached hydrogens (tertiary/aromatic N) is 2. The topological polar surface area (TPSA) is 79.8 Å². The van der Waals surface area contributed by atoms with Crippen molar-refractivity contribution in [2.45, 2.75) is 46.6 Å². The van der Waals surface area contributed by atoms with Crippen molar-refractivity contribution in [2.75, 3.05) is 5.32 Å². The molecular formula is C26H27N3O3S. The Bertz CT molecular complexity index is 1570. The Hall–Kier alpha value is -3.32. The summed E-state index contributed by atoms with van der Waals surface area (Å²) in [5.74, 6) is 0.558. The number of aromatic hydroxyl groups is 1. The van der Waals surface area contributed by atoms with Gasteiger partial charge in [-0.2, -0.15) is 0 Å². The number of imidazole rings is 1. The van der Waals surface area contributed by atoms with Crippen LogP contribution in [0.15, 0.2) is 57.7 Å². The maximum Gasteiger partial charge on any atom is 0.349 e. The van der Waals surface area contributed by atoms with Crippen molar-refractivity contribution < 1.29 is 9.52 Å². The molecule has 0 saturated carbocycles. The largest absolute Gasteiger partial charge is 0.506 e. The third-order valence-electron chi connectivity index (χ3n) is 5.61. The zero-order valence-corrected chi connectivity index (χ0v) is 20.2. The first kappa shape index (κ1) is 21.5. The van der Waals surface area contributed by atoms with Crippen LogP contribution in [0.4, 0.5) is 5.82 Å². The van der Waals surface area contributed by atoms with Gasteiger partial charge in [0, 0.05) is 5.54 Å². The minimum Gasteiger partial charge on any atom is -0.506 e. The third-order valence-corrected chi connectivity index (χ3v) is 6.63. The molecule has 0 radical (unpaired) electrons. The molecule has 5 rings (SSSR count). The van der Waals surface area contributed by atoms with E-state index in [1.165, 1.54) is 0 Å². The molecule has 0 aliphatic carbocycles. The summed E-state index contributed by atoms with van der Waals surface area (Å²) in [5, 5.41) is 15.3. The summed E-state index contributed by atoms with van der Waals surface area (Å²) in [4.78, 5) is 18.6. The summed E-state index contributed by atoms with van der Waals surface area (Å²) in [6, 6.07) is 15.1. The number of benzene rings is 2. The number of aromatic nitrogens is 2. The highest BCUT2D eigenvalue weighted by Crippen LogP contribution is 2.41. The number of hydrogen-bond acceptors (Lipinski definition) is 6. The molecular weight excluding hydrogens is 434 g/mol. The summed E-state index contributed by atoms with van der Waals surface area (Å²) in [7, 11) is 0. The number of rotatable bonds is 4. The summed E-state index contributed by atoms with van der Waals surface area (Å²) in [6.07, 6.45) is 0.882. The van der Waals surface area contributed by atoms with E-state index < -0.39 is 5.63 Å². The van der Waals surface area contributed by atoms with E-state index in [2.05, 4.69) is 46.0 Å². The summed E-state index contributed by atoms with van der Waals surface area (Å²) in [5.41, 5.74) is 0.972. The summed E-state index contributed by atoms with van der Waals surface area (Å²) >= 11 is 1.54. The third kappa shape index (κ3) is 3.76. The molecule has 0 aliphatic heterocycles. The second kappa shape index (κ2) is 7.35. The fraction of sp³-hybridized carbons (Fsp3) is 0.308. The van der Waals surface area contributed by atoms with Crippen molar-refractivity contribution in [1.82, 2.24) is 9.38 Å². The molecule has 2 aromatic carbocycles. The van der Waals surface area contributed by atoms with Gasteiger partial charge in [0.25, 0.3) is 0 Å². The van der Waals surface area contributed by atoms with Crippen molar-refractivity contribution in [2.24, 2.45) is 5.41 Å². The van der Waals surface area contributed by atoms with E-state index in [9.17, 15) is 9.90 Å². The molecule has 6 nitrogen and oxygen atoms in total. The first-order valence-electron chi connectivity index (χ1n) is 11.0. The predicted molar refractivity (Wildman–Crippen MR) is 135 cm³/mol. The molecule has 0 spiro atoms. The minimum absolute atomic E-state index is 0.0720. The van der Waals surface area contributed by atoms with Crippen LogP contribution in [0.25, 0.3) is 37.4 Å². The van der Waals surface area contributed by atoms with Gasteiger partial charge in [-0.15, -0.1) is 0 Å². The van der Waals surface area contributed by atoms with Crippen LogP contribution in [0.3, 0.4) is 0 Å². The smallest absolute Gasteiger partial charge is 0.349 e. The van der Waals surface area contributed by atoms with Crippen LogP contribution in [0.2, 0.25) is 0 Å². The molecule has 0 saturated heterocycles. The van der Waals surface area contributed by atoms with E-state index >= 15 is 0 Å². The highest BCUT2D eigenvalue weighted by molar-refractivity contribution is 7.23. The van der Waals surface area contributed by atoms with Crippen molar-refractivity contribution in [3.05, 3.63) is 59.0 Å². The molecule has 0 fully saturated rings. The van der Waals surface area contributed by atoms with E-state index in [0.717, 1.165) is 21.6 Å².